The van der Waals surface area contributed by atoms with Crippen LogP contribution in [0.4, 0.5) is 11.8 Å². The molecule has 1 fully saturated rings. The van der Waals surface area contributed by atoms with E-state index in [9.17, 15) is 4.79 Å². The molecule has 5 rings (SSSR count). The van der Waals surface area contributed by atoms with Gasteiger partial charge in [-0.1, -0.05) is 48.5 Å². The summed E-state index contributed by atoms with van der Waals surface area (Å²) >= 11 is 0. The van der Waals surface area contributed by atoms with Crippen LogP contribution >= 0.6 is 12.4 Å². The van der Waals surface area contributed by atoms with Gasteiger partial charge < -0.3 is 9.88 Å². The van der Waals surface area contributed by atoms with Gasteiger partial charge in [-0.15, -0.1) is 12.4 Å². The van der Waals surface area contributed by atoms with Crippen molar-refractivity contribution in [2.75, 3.05) is 23.3 Å². The van der Waals surface area contributed by atoms with Crippen LogP contribution in [0.3, 0.4) is 0 Å². The van der Waals surface area contributed by atoms with Crippen LogP contribution in [0.1, 0.15) is 29.6 Å². The number of fused-ring (bicyclic) bond motifs is 1. The van der Waals surface area contributed by atoms with E-state index in [1.807, 2.05) is 42.5 Å². The standard InChI is InChI=1S/C24H23N5O.ClH/c30-23(18-12-6-2-7-13-18)28-24-26-20-16-19(17-10-4-1-5-11-17)25-21(20)22(27-24)29-14-8-3-9-15-29;/h1-2,4-7,10-13,16,25H,3,8-9,14-15H2,(H,26,27,28,30);1H. The van der Waals surface area contributed by atoms with Gasteiger partial charge in [-0.3, -0.25) is 10.1 Å². The molecule has 1 aliphatic rings. The van der Waals surface area contributed by atoms with E-state index >= 15 is 0 Å². The van der Waals surface area contributed by atoms with Gasteiger partial charge in [0.2, 0.25) is 5.95 Å². The molecule has 1 saturated heterocycles. The Hall–Kier alpha value is -3.38. The molecule has 0 radical (unpaired) electrons. The molecule has 158 valence electrons. The van der Waals surface area contributed by atoms with Gasteiger partial charge in [0.25, 0.3) is 5.91 Å². The minimum Gasteiger partial charge on any atom is -0.355 e. The molecule has 4 aromatic rings. The number of H-pyrrole nitrogens is 1. The number of nitrogens with one attached hydrogen (secondary N) is 2. The molecule has 2 aromatic heterocycles. The van der Waals surface area contributed by atoms with Crippen molar-refractivity contribution in [1.82, 2.24) is 15.0 Å². The summed E-state index contributed by atoms with van der Waals surface area (Å²) in [5.41, 5.74) is 4.38. The van der Waals surface area contributed by atoms with Crippen molar-refractivity contribution in [2.45, 2.75) is 19.3 Å². The first-order valence-corrected chi connectivity index (χ1v) is 10.4. The van der Waals surface area contributed by atoms with E-state index in [-0.39, 0.29) is 18.3 Å². The monoisotopic (exact) mass is 433 g/mol. The lowest BCUT2D eigenvalue weighted by Crippen LogP contribution is -2.30. The molecule has 3 heterocycles. The third-order valence-electron chi connectivity index (χ3n) is 5.46. The second-order valence-corrected chi connectivity index (χ2v) is 7.55. The van der Waals surface area contributed by atoms with E-state index in [4.69, 9.17) is 4.98 Å². The Balaban J connectivity index is 0.00000231. The number of anilines is 2. The fourth-order valence-corrected chi connectivity index (χ4v) is 3.92. The number of halogens is 1. The predicted octanol–water partition coefficient (Wildman–Crippen LogP) is 5.29. The number of hydrogen-bond donors (Lipinski definition) is 2. The average Bonchev–Trinajstić information content (AvgIpc) is 3.24. The maximum absolute atomic E-state index is 12.7. The molecule has 0 aliphatic carbocycles. The molecule has 2 N–H and O–H groups in total. The minimum absolute atomic E-state index is 0. The van der Waals surface area contributed by atoms with E-state index in [0.717, 1.165) is 54.0 Å². The van der Waals surface area contributed by atoms with E-state index < -0.39 is 0 Å². The molecular weight excluding hydrogens is 410 g/mol. The van der Waals surface area contributed by atoms with Gasteiger partial charge >= 0.3 is 0 Å². The first kappa shape index (κ1) is 20.9. The average molecular weight is 434 g/mol. The Labute approximate surface area is 187 Å². The van der Waals surface area contributed by atoms with Gasteiger partial charge in [0.15, 0.2) is 5.82 Å². The van der Waals surface area contributed by atoms with Crippen LogP contribution in [0.5, 0.6) is 0 Å². The lowest BCUT2D eigenvalue weighted by Gasteiger charge is -2.28. The van der Waals surface area contributed by atoms with Crippen LogP contribution in [0.25, 0.3) is 22.3 Å². The number of carbonyl (C=O) groups excluding carboxylic acids is 1. The van der Waals surface area contributed by atoms with E-state index in [0.29, 0.717) is 11.5 Å². The quantitative estimate of drug-likeness (QED) is 0.458. The summed E-state index contributed by atoms with van der Waals surface area (Å²) in [6.45, 7) is 1.91. The molecule has 1 amide bonds. The molecule has 7 heteroatoms. The first-order valence-electron chi connectivity index (χ1n) is 10.4. The molecule has 0 unspecified atom stereocenters. The van der Waals surface area contributed by atoms with Crippen molar-refractivity contribution in [3.05, 3.63) is 72.3 Å². The zero-order valence-electron chi connectivity index (χ0n) is 17.0. The summed E-state index contributed by atoms with van der Waals surface area (Å²) in [6, 6.07) is 21.3. The molecule has 6 nitrogen and oxygen atoms in total. The third-order valence-corrected chi connectivity index (χ3v) is 5.46. The summed E-state index contributed by atoms with van der Waals surface area (Å²) in [5, 5.41) is 2.88. The van der Waals surface area contributed by atoms with Gasteiger partial charge in [0.05, 0.1) is 5.52 Å². The fourth-order valence-electron chi connectivity index (χ4n) is 3.92. The summed E-state index contributed by atoms with van der Waals surface area (Å²) < 4.78 is 0. The number of amides is 1. The number of piperidine rings is 1. The van der Waals surface area contributed by atoms with Crippen molar-refractivity contribution >= 4 is 41.1 Å². The van der Waals surface area contributed by atoms with Gasteiger partial charge in [-0.05, 0) is 43.0 Å². The van der Waals surface area contributed by atoms with Crippen molar-refractivity contribution < 1.29 is 4.79 Å². The maximum atomic E-state index is 12.7. The molecule has 1 aliphatic heterocycles. The SMILES string of the molecule is Cl.O=C(Nc1nc(N2CCCCC2)c2[nH]c(-c3ccccc3)cc2n1)c1ccccc1. The highest BCUT2D eigenvalue weighted by atomic mass is 35.5. The molecular formula is C24H24ClN5O. The predicted molar refractivity (Wildman–Crippen MR) is 127 cm³/mol. The largest absolute Gasteiger partial charge is 0.355 e. The zero-order chi connectivity index (χ0) is 20.3. The number of hydrogen-bond acceptors (Lipinski definition) is 4. The lowest BCUT2D eigenvalue weighted by molar-refractivity contribution is 0.102. The first-order chi connectivity index (χ1) is 14.8. The molecule has 2 aromatic carbocycles. The smallest absolute Gasteiger partial charge is 0.258 e. The number of benzene rings is 2. The topological polar surface area (TPSA) is 73.9 Å². The number of aromatic nitrogens is 3. The van der Waals surface area contributed by atoms with E-state index in [1.54, 1.807) is 12.1 Å². The Bertz CT molecular complexity index is 1170. The molecule has 0 saturated carbocycles. The summed E-state index contributed by atoms with van der Waals surface area (Å²) in [6.07, 6.45) is 3.52. The van der Waals surface area contributed by atoms with Crippen molar-refractivity contribution in [1.29, 1.82) is 0 Å². The number of carbonyl (C=O) groups is 1. The van der Waals surface area contributed by atoms with Crippen LogP contribution in [0.2, 0.25) is 0 Å². The Morgan fingerprint density at radius 3 is 2.29 bits per heavy atom. The minimum atomic E-state index is -0.210. The summed E-state index contributed by atoms with van der Waals surface area (Å²) in [4.78, 5) is 27.8. The number of rotatable bonds is 4. The van der Waals surface area contributed by atoms with Crippen molar-refractivity contribution in [3.63, 3.8) is 0 Å². The second kappa shape index (κ2) is 9.18. The summed E-state index contributed by atoms with van der Waals surface area (Å²) in [5.74, 6) is 0.971. The number of nitrogens with zero attached hydrogens (tertiary/aromatic N) is 3. The van der Waals surface area contributed by atoms with Crippen LogP contribution in [0, 0.1) is 0 Å². The van der Waals surface area contributed by atoms with Gasteiger partial charge in [0, 0.05) is 24.3 Å². The van der Waals surface area contributed by atoms with Crippen molar-refractivity contribution in [2.24, 2.45) is 0 Å². The van der Waals surface area contributed by atoms with Crippen LogP contribution < -0.4 is 10.2 Å². The maximum Gasteiger partial charge on any atom is 0.258 e. The molecule has 31 heavy (non-hydrogen) atoms. The second-order valence-electron chi connectivity index (χ2n) is 7.55. The zero-order valence-corrected chi connectivity index (χ0v) is 17.9. The van der Waals surface area contributed by atoms with Gasteiger partial charge in [-0.25, -0.2) is 4.98 Å². The molecule has 0 spiro atoms. The highest BCUT2D eigenvalue weighted by molar-refractivity contribution is 6.04. The Kier molecular flexibility index (Phi) is 6.18. The normalized spacial score (nSPS) is 13.6. The lowest BCUT2D eigenvalue weighted by atomic mass is 10.1. The fraction of sp³-hybridized carbons (Fsp3) is 0.208. The van der Waals surface area contributed by atoms with Gasteiger partial charge in [-0.2, -0.15) is 4.98 Å². The molecule has 0 atom stereocenters. The van der Waals surface area contributed by atoms with Crippen LogP contribution in [-0.2, 0) is 0 Å². The number of aromatic amines is 1. The Morgan fingerprint density at radius 2 is 1.58 bits per heavy atom. The van der Waals surface area contributed by atoms with Crippen molar-refractivity contribution in [3.8, 4) is 11.3 Å². The Morgan fingerprint density at radius 1 is 0.903 bits per heavy atom. The highest BCUT2D eigenvalue weighted by Crippen LogP contribution is 2.31. The molecule has 0 bridgehead atoms. The van der Waals surface area contributed by atoms with Crippen LogP contribution in [0.15, 0.2) is 66.7 Å². The highest BCUT2D eigenvalue weighted by Gasteiger charge is 2.20. The van der Waals surface area contributed by atoms with E-state index in [1.165, 1.54) is 6.42 Å². The summed E-state index contributed by atoms with van der Waals surface area (Å²) in [7, 11) is 0. The van der Waals surface area contributed by atoms with Gasteiger partial charge in [0.1, 0.15) is 5.52 Å². The third kappa shape index (κ3) is 4.39. The van der Waals surface area contributed by atoms with Crippen LogP contribution in [-0.4, -0.2) is 33.9 Å². The van der Waals surface area contributed by atoms with E-state index in [2.05, 4.69) is 32.3 Å².